The zero-order valence-corrected chi connectivity index (χ0v) is 23.1. The molecule has 1 aliphatic carbocycles. The van der Waals surface area contributed by atoms with Crippen LogP contribution in [0.4, 0.5) is 4.79 Å². The Bertz CT molecular complexity index is 858. The summed E-state index contributed by atoms with van der Waals surface area (Å²) in [4.78, 5) is 52.0. The number of amides is 4. The molecule has 1 heterocycles. The van der Waals surface area contributed by atoms with Gasteiger partial charge in [-0.25, -0.2) is 4.79 Å². The molecule has 0 aromatic carbocycles. The molecule has 0 spiro atoms. The predicted octanol–water partition coefficient (Wildman–Crippen LogP) is -0.351. The second-order valence-electron chi connectivity index (χ2n) is 11.5. The van der Waals surface area contributed by atoms with Gasteiger partial charge in [0, 0.05) is 20.1 Å². The number of nitrogens with one attached hydrogen (secondary N) is 3. The Balaban J connectivity index is 2.07. The fourth-order valence-electron chi connectivity index (χ4n) is 4.99. The monoisotopic (exact) mass is 538 g/mol. The summed E-state index contributed by atoms with van der Waals surface area (Å²) in [6, 6.07) is -2.81. The number of primary amides is 1. The van der Waals surface area contributed by atoms with Crippen LogP contribution >= 0.6 is 0 Å². The molecule has 7 N–H and O–H groups in total. The van der Waals surface area contributed by atoms with E-state index in [0.29, 0.717) is 38.3 Å². The number of nitrogens with two attached hydrogens (primary N) is 1. The quantitative estimate of drug-likeness (QED) is 0.0987. The molecule has 1 aliphatic heterocycles. The van der Waals surface area contributed by atoms with E-state index < -0.39 is 53.7 Å². The van der Waals surface area contributed by atoms with Crippen molar-refractivity contribution in [2.24, 2.45) is 17.1 Å². The maximum atomic E-state index is 12.7. The summed E-state index contributed by atoms with van der Waals surface area (Å²) in [5.41, 5.74) is 4.67. The van der Waals surface area contributed by atoms with Crippen LogP contribution in [0.25, 0.3) is 0 Å². The second kappa shape index (κ2) is 14.0. The number of nitrogens with zero attached hydrogens (tertiary/aromatic N) is 2. The number of likely N-dealkylation sites (tertiary alicyclic amines) is 1. The molecule has 2 rings (SSSR count). The Morgan fingerprint density at radius 3 is 2.34 bits per heavy atom. The topological polar surface area (TPSA) is 177 Å². The molecule has 5 atom stereocenters. The van der Waals surface area contributed by atoms with Crippen molar-refractivity contribution in [2.75, 3.05) is 26.7 Å². The molecule has 38 heavy (non-hydrogen) atoms. The first-order valence-corrected chi connectivity index (χ1v) is 13.4. The third-order valence-corrected chi connectivity index (χ3v) is 7.52. The minimum absolute atomic E-state index is 0.214. The minimum Gasteiger partial charge on any atom is -0.377 e. The van der Waals surface area contributed by atoms with Crippen molar-refractivity contribution in [2.45, 2.75) is 89.9 Å². The number of likely N-dealkylation sites (N-methyl/N-ethyl adjacent to an activating group) is 1. The van der Waals surface area contributed by atoms with Gasteiger partial charge in [-0.1, -0.05) is 46.1 Å². The standard InChI is InChI=1S/C26H46N6O6/c1-6-12-31(5)19(33)15-28-25(38)30-21(26(2,3)4)24(37)32-13-8-11-18(32)23(36)29-17(20(34)22(27)35)14-16-9-7-10-16/h6,16-18,21,23-24,29,36-37H,1,7-15H2,2-5H3,(H2,27,35)(H2,28,30,38)/t17?,18-,21+,23?,24?/m0/s1. The van der Waals surface area contributed by atoms with Gasteiger partial charge in [0.15, 0.2) is 0 Å². The lowest BCUT2D eigenvalue weighted by Crippen LogP contribution is -2.63. The summed E-state index contributed by atoms with van der Waals surface area (Å²) in [5, 5.41) is 30.7. The van der Waals surface area contributed by atoms with Crippen molar-refractivity contribution in [1.29, 1.82) is 0 Å². The van der Waals surface area contributed by atoms with E-state index >= 15 is 0 Å². The van der Waals surface area contributed by atoms with Gasteiger partial charge in [-0.15, -0.1) is 6.58 Å². The third kappa shape index (κ3) is 8.75. The van der Waals surface area contributed by atoms with Gasteiger partial charge in [0.2, 0.25) is 11.7 Å². The Kier molecular flexibility index (Phi) is 11.7. The summed E-state index contributed by atoms with van der Waals surface area (Å²) in [6.45, 7) is 9.78. The van der Waals surface area contributed by atoms with E-state index in [-0.39, 0.29) is 12.5 Å². The van der Waals surface area contributed by atoms with Crippen LogP contribution in [0.3, 0.4) is 0 Å². The molecule has 1 saturated heterocycles. The van der Waals surface area contributed by atoms with E-state index in [1.165, 1.54) is 4.90 Å². The lowest BCUT2D eigenvalue weighted by molar-refractivity contribution is -0.138. The van der Waals surface area contributed by atoms with E-state index in [2.05, 4.69) is 22.5 Å². The van der Waals surface area contributed by atoms with Crippen molar-refractivity contribution in [3.05, 3.63) is 12.7 Å². The lowest BCUT2D eigenvalue weighted by atomic mass is 9.80. The van der Waals surface area contributed by atoms with Crippen molar-refractivity contribution in [3.8, 4) is 0 Å². The Morgan fingerprint density at radius 2 is 1.82 bits per heavy atom. The van der Waals surface area contributed by atoms with Gasteiger partial charge in [-0.3, -0.25) is 24.6 Å². The molecule has 2 aliphatic rings. The summed E-state index contributed by atoms with van der Waals surface area (Å²) < 4.78 is 0. The van der Waals surface area contributed by atoms with E-state index in [4.69, 9.17) is 5.73 Å². The highest BCUT2D eigenvalue weighted by Gasteiger charge is 2.43. The van der Waals surface area contributed by atoms with Crippen LogP contribution in [-0.2, 0) is 14.4 Å². The molecule has 3 unspecified atom stereocenters. The molecular formula is C26H46N6O6. The van der Waals surface area contributed by atoms with Crippen LogP contribution in [0.5, 0.6) is 0 Å². The number of hydrogen-bond donors (Lipinski definition) is 6. The van der Waals surface area contributed by atoms with Crippen LogP contribution in [0.1, 0.15) is 59.3 Å². The highest BCUT2D eigenvalue weighted by Crippen LogP contribution is 2.32. The predicted molar refractivity (Wildman–Crippen MR) is 142 cm³/mol. The van der Waals surface area contributed by atoms with E-state index in [1.54, 1.807) is 18.0 Å². The Morgan fingerprint density at radius 1 is 1.16 bits per heavy atom. The van der Waals surface area contributed by atoms with Crippen molar-refractivity contribution >= 4 is 23.6 Å². The van der Waals surface area contributed by atoms with E-state index in [1.807, 2.05) is 20.8 Å². The molecule has 0 radical (unpaired) electrons. The van der Waals surface area contributed by atoms with Gasteiger partial charge in [-0.05, 0) is 30.6 Å². The lowest BCUT2D eigenvalue weighted by Gasteiger charge is -2.42. The smallest absolute Gasteiger partial charge is 0.315 e. The van der Waals surface area contributed by atoms with Gasteiger partial charge in [0.25, 0.3) is 5.91 Å². The zero-order chi connectivity index (χ0) is 28.6. The van der Waals surface area contributed by atoms with E-state index in [0.717, 1.165) is 19.3 Å². The number of carbonyl (C=O) groups excluding carboxylic acids is 4. The molecule has 0 bridgehead atoms. The van der Waals surface area contributed by atoms with Gasteiger partial charge >= 0.3 is 6.03 Å². The molecule has 12 heteroatoms. The van der Waals surface area contributed by atoms with Gasteiger partial charge in [0.1, 0.15) is 12.5 Å². The van der Waals surface area contributed by atoms with Crippen LogP contribution in [0.2, 0.25) is 0 Å². The zero-order valence-electron chi connectivity index (χ0n) is 23.1. The molecule has 0 aromatic heterocycles. The molecule has 216 valence electrons. The summed E-state index contributed by atoms with van der Waals surface area (Å²) >= 11 is 0. The number of urea groups is 1. The third-order valence-electron chi connectivity index (χ3n) is 7.52. The minimum atomic E-state index is -1.20. The van der Waals surface area contributed by atoms with Gasteiger partial charge < -0.3 is 31.5 Å². The summed E-state index contributed by atoms with van der Waals surface area (Å²) in [5.74, 6) is -1.80. The molecule has 4 amide bonds. The van der Waals surface area contributed by atoms with Gasteiger partial charge in [0.05, 0.1) is 24.7 Å². The number of aliphatic hydroxyl groups is 2. The second-order valence-corrected chi connectivity index (χ2v) is 11.5. The number of carbonyl (C=O) groups is 4. The Hall–Kier alpha value is -2.54. The highest BCUT2D eigenvalue weighted by atomic mass is 16.3. The van der Waals surface area contributed by atoms with Crippen molar-refractivity contribution in [1.82, 2.24) is 25.8 Å². The highest BCUT2D eigenvalue weighted by molar-refractivity contribution is 6.37. The Labute approximate surface area is 225 Å². The maximum Gasteiger partial charge on any atom is 0.315 e. The number of hydrogen-bond acceptors (Lipinski definition) is 8. The van der Waals surface area contributed by atoms with Crippen molar-refractivity contribution in [3.63, 3.8) is 0 Å². The fourth-order valence-corrected chi connectivity index (χ4v) is 4.99. The van der Waals surface area contributed by atoms with Crippen molar-refractivity contribution < 1.29 is 29.4 Å². The average molecular weight is 539 g/mol. The average Bonchev–Trinajstić information content (AvgIpc) is 3.31. The number of rotatable bonds is 14. The maximum absolute atomic E-state index is 12.7. The largest absolute Gasteiger partial charge is 0.377 e. The molecule has 12 nitrogen and oxygen atoms in total. The normalized spacial score (nSPS) is 21.5. The number of ketones is 1. The SMILES string of the molecule is C=CCN(C)C(=O)CNC(=O)N[C@H](C(O)N1CCC[C@H]1C(O)NC(CC1CCC1)C(=O)C(N)=O)C(C)(C)C. The van der Waals surface area contributed by atoms with Crippen LogP contribution < -0.4 is 21.7 Å². The fraction of sp³-hybridized carbons (Fsp3) is 0.769. The summed E-state index contributed by atoms with van der Waals surface area (Å²) in [7, 11) is 1.60. The molecule has 0 aromatic rings. The summed E-state index contributed by atoms with van der Waals surface area (Å²) in [6.07, 6.45) is 3.86. The number of aliphatic hydroxyl groups excluding tert-OH is 2. The molecule has 1 saturated carbocycles. The number of Topliss-reactive ketones (excluding diaryl/α,β-unsaturated/α-hetero) is 1. The van der Waals surface area contributed by atoms with E-state index in [9.17, 15) is 29.4 Å². The molecular weight excluding hydrogens is 492 g/mol. The van der Waals surface area contributed by atoms with Crippen LogP contribution in [0.15, 0.2) is 12.7 Å². The van der Waals surface area contributed by atoms with Crippen LogP contribution in [0, 0.1) is 11.3 Å². The first-order chi connectivity index (χ1) is 17.8. The first kappa shape index (κ1) is 31.7. The van der Waals surface area contributed by atoms with Gasteiger partial charge in [-0.2, -0.15) is 0 Å². The van der Waals surface area contributed by atoms with Crippen LogP contribution in [-0.4, -0.2) is 101 Å². The molecule has 2 fully saturated rings. The first-order valence-electron chi connectivity index (χ1n) is 13.4.